The summed E-state index contributed by atoms with van der Waals surface area (Å²) >= 11 is 0. The van der Waals surface area contributed by atoms with Gasteiger partial charge in [0, 0.05) is 17.5 Å². The Morgan fingerprint density at radius 1 is 1.42 bits per heavy atom. The van der Waals surface area contributed by atoms with Crippen molar-refractivity contribution in [3.05, 3.63) is 23.5 Å². The SMILES string of the molecule is CCS(=O)c1cc(/C=N/OC(C)C)cnc1C(C)C. The Bertz CT molecular complexity index is 471. The second-order valence-electron chi connectivity index (χ2n) is 4.83. The van der Waals surface area contributed by atoms with Gasteiger partial charge in [-0.2, -0.15) is 0 Å². The highest BCUT2D eigenvalue weighted by Crippen LogP contribution is 2.21. The van der Waals surface area contributed by atoms with Crippen molar-refractivity contribution in [3.8, 4) is 0 Å². The van der Waals surface area contributed by atoms with E-state index in [0.717, 1.165) is 16.2 Å². The fraction of sp³-hybridized carbons (Fsp3) is 0.571. The van der Waals surface area contributed by atoms with Gasteiger partial charge in [0.2, 0.25) is 0 Å². The molecule has 1 heterocycles. The maximum Gasteiger partial charge on any atom is 0.122 e. The molecule has 19 heavy (non-hydrogen) atoms. The molecule has 0 saturated carbocycles. The van der Waals surface area contributed by atoms with Crippen LogP contribution in [0.2, 0.25) is 0 Å². The molecule has 0 amide bonds. The first-order valence-electron chi connectivity index (χ1n) is 6.53. The number of oxime groups is 1. The Morgan fingerprint density at radius 2 is 2.11 bits per heavy atom. The lowest BCUT2D eigenvalue weighted by Gasteiger charge is -2.11. The molecule has 1 aromatic heterocycles. The van der Waals surface area contributed by atoms with Gasteiger partial charge in [-0.1, -0.05) is 25.9 Å². The van der Waals surface area contributed by atoms with E-state index in [0.29, 0.717) is 5.75 Å². The van der Waals surface area contributed by atoms with Crippen molar-refractivity contribution in [2.75, 3.05) is 5.75 Å². The molecule has 0 radical (unpaired) electrons. The summed E-state index contributed by atoms with van der Waals surface area (Å²) in [6, 6.07) is 1.88. The van der Waals surface area contributed by atoms with Crippen molar-refractivity contribution in [2.45, 2.75) is 51.5 Å². The van der Waals surface area contributed by atoms with Crippen LogP contribution in [-0.2, 0) is 15.6 Å². The largest absolute Gasteiger partial charge is 0.393 e. The topological polar surface area (TPSA) is 51.5 Å². The summed E-state index contributed by atoms with van der Waals surface area (Å²) in [4.78, 5) is 10.3. The second-order valence-corrected chi connectivity index (χ2v) is 6.54. The monoisotopic (exact) mass is 282 g/mol. The summed E-state index contributed by atoms with van der Waals surface area (Å²) in [5.74, 6) is 0.841. The van der Waals surface area contributed by atoms with E-state index in [4.69, 9.17) is 4.84 Å². The normalized spacial score (nSPS) is 13.4. The summed E-state index contributed by atoms with van der Waals surface area (Å²) in [6.45, 7) is 9.83. The van der Waals surface area contributed by atoms with Crippen molar-refractivity contribution in [1.29, 1.82) is 0 Å². The lowest BCUT2D eigenvalue weighted by Crippen LogP contribution is -2.05. The minimum Gasteiger partial charge on any atom is -0.393 e. The summed E-state index contributed by atoms with van der Waals surface area (Å²) in [5.41, 5.74) is 1.70. The molecule has 1 atom stereocenters. The minimum atomic E-state index is -1.01. The van der Waals surface area contributed by atoms with Crippen LogP contribution in [0.5, 0.6) is 0 Å². The Balaban J connectivity index is 3.04. The Kier molecular flexibility index (Phi) is 6.15. The molecule has 0 aromatic carbocycles. The molecule has 5 heteroatoms. The maximum absolute atomic E-state index is 12.1. The molecule has 0 aliphatic rings. The zero-order valence-electron chi connectivity index (χ0n) is 12.2. The predicted molar refractivity (Wildman–Crippen MR) is 79.1 cm³/mol. The number of pyridine rings is 1. The van der Waals surface area contributed by atoms with Crippen LogP contribution >= 0.6 is 0 Å². The average Bonchev–Trinajstić information content (AvgIpc) is 2.37. The minimum absolute atomic E-state index is 0.0448. The van der Waals surface area contributed by atoms with Crippen LogP contribution in [0.15, 0.2) is 22.3 Å². The van der Waals surface area contributed by atoms with Gasteiger partial charge in [0.25, 0.3) is 0 Å². The molecule has 1 aromatic rings. The molecule has 0 N–H and O–H groups in total. The third-order valence-corrected chi connectivity index (χ3v) is 3.77. The average molecular weight is 282 g/mol. The molecule has 0 aliphatic heterocycles. The van der Waals surface area contributed by atoms with Crippen LogP contribution in [-0.4, -0.2) is 27.3 Å². The highest BCUT2D eigenvalue weighted by atomic mass is 32.2. The van der Waals surface area contributed by atoms with Crippen LogP contribution in [0.25, 0.3) is 0 Å². The van der Waals surface area contributed by atoms with E-state index in [9.17, 15) is 4.21 Å². The molecule has 0 spiro atoms. The van der Waals surface area contributed by atoms with Gasteiger partial charge < -0.3 is 4.84 Å². The van der Waals surface area contributed by atoms with Gasteiger partial charge in [-0.25, -0.2) is 0 Å². The number of nitrogens with zero attached hydrogens (tertiary/aromatic N) is 2. The summed E-state index contributed by atoms with van der Waals surface area (Å²) < 4.78 is 12.1. The molecule has 0 bridgehead atoms. The molecule has 0 saturated heterocycles. The predicted octanol–water partition coefficient (Wildman–Crippen LogP) is 3.09. The van der Waals surface area contributed by atoms with E-state index in [1.54, 1.807) is 12.4 Å². The molecular weight excluding hydrogens is 260 g/mol. The Labute approximate surface area is 117 Å². The third-order valence-electron chi connectivity index (χ3n) is 2.43. The molecular formula is C14H22N2O2S. The molecule has 1 rings (SSSR count). The van der Waals surface area contributed by atoms with Crippen molar-refractivity contribution in [1.82, 2.24) is 4.98 Å². The highest BCUT2D eigenvalue weighted by molar-refractivity contribution is 7.85. The van der Waals surface area contributed by atoms with E-state index < -0.39 is 10.8 Å². The fourth-order valence-corrected chi connectivity index (χ4v) is 2.63. The Morgan fingerprint density at radius 3 is 2.63 bits per heavy atom. The maximum atomic E-state index is 12.1. The smallest absolute Gasteiger partial charge is 0.122 e. The van der Waals surface area contributed by atoms with E-state index >= 15 is 0 Å². The first-order chi connectivity index (χ1) is 8.95. The van der Waals surface area contributed by atoms with Gasteiger partial charge in [0.1, 0.15) is 6.10 Å². The van der Waals surface area contributed by atoms with E-state index in [1.807, 2.05) is 40.7 Å². The quantitative estimate of drug-likeness (QED) is 0.595. The first kappa shape index (κ1) is 15.8. The summed E-state index contributed by atoms with van der Waals surface area (Å²) in [6.07, 6.45) is 3.38. The molecule has 0 aliphatic carbocycles. The standard InChI is InChI=1S/C14H22N2O2S/c1-6-19(17)13-7-12(9-16-18-11(4)5)8-15-14(13)10(2)3/h7-11H,6H2,1-5H3/b16-9+. The third kappa shape index (κ3) is 4.74. The second kappa shape index (κ2) is 7.38. The first-order valence-corrected chi connectivity index (χ1v) is 7.85. The van der Waals surface area contributed by atoms with Gasteiger partial charge in [0.15, 0.2) is 0 Å². The van der Waals surface area contributed by atoms with Crippen LogP contribution in [0, 0.1) is 0 Å². The zero-order valence-corrected chi connectivity index (χ0v) is 13.0. The highest BCUT2D eigenvalue weighted by Gasteiger charge is 2.13. The van der Waals surface area contributed by atoms with Gasteiger partial charge >= 0.3 is 0 Å². The molecule has 4 nitrogen and oxygen atoms in total. The lowest BCUT2D eigenvalue weighted by molar-refractivity contribution is 0.0873. The molecule has 106 valence electrons. The van der Waals surface area contributed by atoms with E-state index in [1.165, 1.54) is 0 Å². The van der Waals surface area contributed by atoms with Crippen LogP contribution in [0.3, 0.4) is 0 Å². The van der Waals surface area contributed by atoms with Gasteiger partial charge in [-0.05, 0) is 25.8 Å². The summed E-state index contributed by atoms with van der Waals surface area (Å²) in [5, 5.41) is 3.88. The van der Waals surface area contributed by atoms with Crippen LogP contribution in [0.4, 0.5) is 0 Å². The van der Waals surface area contributed by atoms with Crippen LogP contribution < -0.4 is 0 Å². The zero-order chi connectivity index (χ0) is 14.4. The Hall–Kier alpha value is -1.23. The molecule has 0 fully saturated rings. The number of hydrogen-bond donors (Lipinski definition) is 0. The van der Waals surface area contributed by atoms with Crippen LogP contribution in [0.1, 0.15) is 51.8 Å². The van der Waals surface area contributed by atoms with Crippen molar-refractivity contribution < 1.29 is 9.05 Å². The van der Waals surface area contributed by atoms with Crippen molar-refractivity contribution in [3.63, 3.8) is 0 Å². The fourth-order valence-electron chi connectivity index (χ4n) is 1.53. The molecule has 1 unspecified atom stereocenters. The summed E-state index contributed by atoms with van der Waals surface area (Å²) in [7, 11) is -1.01. The van der Waals surface area contributed by atoms with Gasteiger partial charge in [0.05, 0.1) is 27.6 Å². The van der Waals surface area contributed by atoms with Gasteiger partial charge in [-0.15, -0.1) is 0 Å². The van der Waals surface area contributed by atoms with E-state index in [-0.39, 0.29) is 12.0 Å². The number of hydrogen-bond acceptors (Lipinski definition) is 4. The number of rotatable bonds is 6. The lowest BCUT2D eigenvalue weighted by atomic mass is 10.1. The van der Waals surface area contributed by atoms with E-state index in [2.05, 4.69) is 10.1 Å². The van der Waals surface area contributed by atoms with Crippen molar-refractivity contribution >= 4 is 17.0 Å². The number of aromatic nitrogens is 1. The van der Waals surface area contributed by atoms with Gasteiger partial charge in [-0.3, -0.25) is 9.19 Å². The van der Waals surface area contributed by atoms with Crippen molar-refractivity contribution in [2.24, 2.45) is 5.16 Å².